The summed E-state index contributed by atoms with van der Waals surface area (Å²) in [5.41, 5.74) is 39.5. The Bertz CT molecular complexity index is 9680. The van der Waals surface area contributed by atoms with Crippen molar-refractivity contribution in [2.75, 3.05) is 0 Å². The highest BCUT2D eigenvalue weighted by Crippen LogP contribution is 2.49. The summed E-state index contributed by atoms with van der Waals surface area (Å²) in [6.07, 6.45) is 3.66. The summed E-state index contributed by atoms with van der Waals surface area (Å²) in [5.74, 6) is 0. The van der Waals surface area contributed by atoms with Crippen LogP contribution in [0, 0.1) is 0 Å². The van der Waals surface area contributed by atoms with E-state index in [-0.39, 0.29) is 0 Å². The van der Waals surface area contributed by atoms with Crippen molar-refractivity contribution >= 4 is 131 Å². The third-order valence-electron chi connectivity index (χ3n) is 27.3. The van der Waals surface area contributed by atoms with Gasteiger partial charge in [-0.05, 0) is 215 Å². The van der Waals surface area contributed by atoms with Crippen LogP contribution in [0.3, 0.4) is 0 Å². The lowest BCUT2D eigenvalue weighted by atomic mass is 9.93. The summed E-state index contributed by atoms with van der Waals surface area (Å²) in [6, 6.07) is 170. The average molecular weight is 1800 g/mol. The Kier molecular flexibility index (Phi) is 20.7. The summed E-state index contributed by atoms with van der Waals surface area (Å²) in [7, 11) is 0. The molecular weight excluding hydrogens is 1720 g/mol. The number of hydrogen-bond donors (Lipinski definition) is 0. The van der Waals surface area contributed by atoms with E-state index in [0.717, 1.165) is 237 Å². The van der Waals surface area contributed by atoms with Gasteiger partial charge in [-0.25, -0.2) is 19.9 Å². The van der Waals surface area contributed by atoms with Gasteiger partial charge in [0, 0.05) is 99.3 Å². The van der Waals surface area contributed by atoms with Crippen molar-refractivity contribution in [1.82, 2.24) is 29.9 Å². The fourth-order valence-corrected chi connectivity index (χ4v) is 20.5. The van der Waals surface area contributed by atoms with E-state index in [4.69, 9.17) is 38.2 Å². The van der Waals surface area contributed by atoms with Crippen molar-refractivity contribution in [3.05, 3.63) is 498 Å². The Morgan fingerprint density at radius 3 is 0.887 bits per heavy atom. The second-order valence-electron chi connectivity index (χ2n) is 35.7. The molecule has 0 bridgehead atoms. The Labute approximate surface area is 811 Å². The monoisotopic (exact) mass is 1800 g/mol. The maximum absolute atomic E-state index is 6.50. The van der Waals surface area contributed by atoms with E-state index in [2.05, 4.69) is 442 Å². The summed E-state index contributed by atoms with van der Waals surface area (Å²) in [6.45, 7) is 0. The van der Waals surface area contributed by atoms with E-state index < -0.39 is 0 Å². The van der Waals surface area contributed by atoms with Crippen LogP contribution in [-0.4, -0.2) is 29.9 Å². The fraction of sp³-hybridized carbons (Fsp3) is 0. The number of pyridine rings is 6. The molecule has 9 heteroatoms. The van der Waals surface area contributed by atoms with Crippen LogP contribution >= 0.6 is 0 Å². The molecule has 0 aliphatic carbocycles. The molecule has 0 fully saturated rings. The predicted molar refractivity (Wildman–Crippen MR) is 584 cm³/mol. The van der Waals surface area contributed by atoms with E-state index in [1.807, 2.05) is 60.9 Å². The number of fused-ring (bicyclic) bond motifs is 18. The fourth-order valence-electron chi connectivity index (χ4n) is 20.5. The Morgan fingerprint density at radius 1 is 0.149 bits per heavy atom. The van der Waals surface area contributed by atoms with Gasteiger partial charge in [0.15, 0.2) is 0 Å². The van der Waals surface area contributed by atoms with E-state index in [1.165, 1.54) is 38.9 Å². The third kappa shape index (κ3) is 15.3. The van der Waals surface area contributed by atoms with Crippen LogP contribution in [0.4, 0.5) is 0 Å². The minimum absolute atomic E-state index is 0.854. The molecule has 28 aromatic rings. The lowest BCUT2D eigenvalue weighted by Crippen LogP contribution is -1.95. The highest BCUT2D eigenvalue weighted by molar-refractivity contribution is 6.24. The topological polar surface area (TPSA) is 117 Å². The number of rotatable bonds is 13. The van der Waals surface area contributed by atoms with Gasteiger partial charge in [0.2, 0.25) is 0 Å². The lowest BCUT2D eigenvalue weighted by molar-refractivity contribution is 0.668. The molecule has 28 rings (SSSR count). The van der Waals surface area contributed by atoms with E-state index in [9.17, 15) is 0 Å². The molecule has 9 nitrogen and oxygen atoms in total. The molecule has 0 radical (unpaired) electrons. The molecule has 0 aliphatic heterocycles. The first kappa shape index (κ1) is 82.7. The molecule has 19 aromatic carbocycles. The first-order chi connectivity index (χ1) is 69.9. The van der Waals surface area contributed by atoms with Gasteiger partial charge in [0.1, 0.15) is 33.5 Å². The maximum atomic E-state index is 6.50. The summed E-state index contributed by atoms with van der Waals surface area (Å²) >= 11 is 0. The molecule has 0 amide bonds. The lowest BCUT2D eigenvalue weighted by Gasteiger charge is -2.15. The van der Waals surface area contributed by atoms with Crippen LogP contribution in [-0.2, 0) is 0 Å². The highest BCUT2D eigenvalue weighted by atomic mass is 16.3. The van der Waals surface area contributed by atoms with Crippen LogP contribution in [0.1, 0.15) is 0 Å². The molecule has 0 aliphatic rings. The minimum Gasteiger partial charge on any atom is -0.456 e. The summed E-state index contributed by atoms with van der Waals surface area (Å²) < 4.78 is 19.4. The van der Waals surface area contributed by atoms with Gasteiger partial charge in [0.05, 0.1) is 55.9 Å². The molecule has 9 aromatic heterocycles. The molecule has 658 valence electrons. The van der Waals surface area contributed by atoms with Crippen molar-refractivity contribution < 1.29 is 13.3 Å². The Balaban J connectivity index is 0.000000110. The second-order valence-corrected chi connectivity index (χ2v) is 35.7. The van der Waals surface area contributed by atoms with Crippen molar-refractivity contribution in [3.63, 3.8) is 0 Å². The second kappa shape index (κ2) is 35.4. The largest absolute Gasteiger partial charge is 0.456 e. The molecule has 0 saturated carbocycles. The van der Waals surface area contributed by atoms with E-state index >= 15 is 0 Å². The van der Waals surface area contributed by atoms with E-state index in [0.29, 0.717) is 0 Å². The average Bonchev–Trinajstić information content (AvgIpc) is 1.52. The third-order valence-corrected chi connectivity index (χ3v) is 27.3. The standard InChI is InChI=1S/2C48H30N2O.C36H22N2O/c1-4-12-31(13-5-1)32-22-24-33(25-23-32)36-26-29-43-40(30-36)45-37(19-11-21-44(45)51-43)38-18-10-20-42-46(38)48-39(47(50-42)35-16-8-3-9-17-35)27-28-41(49-48)34-14-6-2-7-15-34;1-4-11-31(12-5-1)32-19-21-33(22-20-32)36-24-28-44-41(29-36)46-38(17-10-18-45(46)51-44)40-30-37-23-26-42(34-13-6-2-7-14-34)49-47(37)48-39(40)25-27-43(50-48)35-15-8-3-9-16-35;1-2-7-23(8-3-1)24-13-15-25(16-14-24)26-17-18-32-31(21-26)34-28(10-4-12-33(34)39-32)30-22-27-9-5-19-37-35(27)36-29(30)11-6-20-38-36/h2*1-30H;1-22H. The van der Waals surface area contributed by atoms with Gasteiger partial charge in [-0.1, -0.05) is 370 Å². The zero-order chi connectivity index (χ0) is 93.2. The van der Waals surface area contributed by atoms with Crippen LogP contribution in [0.5, 0.6) is 0 Å². The molecule has 0 atom stereocenters. The van der Waals surface area contributed by atoms with Crippen LogP contribution in [0.15, 0.2) is 511 Å². The zero-order valence-electron chi connectivity index (χ0n) is 76.3. The van der Waals surface area contributed by atoms with Gasteiger partial charge in [0.25, 0.3) is 0 Å². The number of benzene rings is 19. The number of aromatic nitrogens is 6. The van der Waals surface area contributed by atoms with Crippen molar-refractivity contribution in [2.45, 2.75) is 0 Å². The number of furan rings is 3. The van der Waals surface area contributed by atoms with Gasteiger partial charge >= 0.3 is 0 Å². The van der Waals surface area contributed by atoms with Gasteiger partial charge in [-0.3, -0.25) is 9.97 Å². The molecule has 0 saturated heterocycles. The smallest absolute Gasteiger partial charge is 0.136 e. The van der Waals surface area contributed by atoms with Crippen molar-refractivity contribution in [2.24, 2.45) is 0 Å². The first-order valence-corrected chi connectivity index (χ1v) is 47.6. The predicted octanol–water partition coefficient (Wildman–Crippen LogP) is 35.7. The number of nitrogens with zero attached hydrogens (tertiary/aromatic N) is 6. The molecule has 0 unspecified atom stereocenters. The maximum Gasteiger partial charge on any atom is 0.136 e. The molecule has 0 N–H and O–H groups in total. The molecule has 9 heterocycles. The zero-order valence-corrected chi connectivity index (χ0v) is 76.3. The molecule has 0 spiro atoms. The van der Waals surface area contributed by atoms with Gasteiger partial charge < -0.3 is 13.3 Å². The van der Waals surface area contributed by atoms with Crippen molar-refractivity contribution in [3.8, 4) is 145 Å². The van der Waals surface area contributed by atoms with Crippen LogP contribution in [0.25, 0.3) is 276 Å². The SMILES string of the molecule is c1ccc(-c2ccc(-c3ccc4oc5cccc(-c6cc7ccc(-c8ccccc8)nc7c7nc(-c8ccccc8)ccc67)c5c4c3)cc2)cc1.c1ccc(-c2ccc(-c3ccc4oc5cccc(-c6cc7cccnc7c7ncccc67)c5c4c3)cc2)cc1.c1ccc(-c2ccc(-c3ccc4oc5cccc(-c6cccc7nc(-c8ccccc8)c8ccc(-c9ccccc9)nc8c67)c5c4c3)cc2)cc1. The Hall–Kier alpha value is -19.0. The molecular formula is C132H82N6O3. The quantitative estimate of drug-likeness (QED) is 0.104. The van der Waals surface area contributed by atoms with Crippen LogP contribution in [0.2, 0.25) is 0 Å². The summed E-state index contributed by atoms with van der Waals surface area (Å²) in [5, 5.41) is 12.9. The minimum atomic E-state index is 0.854. The normalized spacial score (nSPS) is 11.5. The van der Waals surface area contributed by atoms with Crippen molar-refractivity contribution in [1.29, 1.82) is 0 Å². The summed E-state index contributed by atoms with van der Waals surface area (Å²) in [4.78, 5) is 30.6. The van der Waals surface area contributed by atoms with Crippen LogP contribution < -0.4 is 0 Å². The van der Waals surface area contributed by atoms with Gasteiger partial charge in [-0.15, -0.1) is 0 Å². The van der Waals surface area contributed by atoms with E-state index in [1.54, 1.807) is 0 Å². The highest BCUT2D eigenvalue weighted by Gasteiger charge is 2.25. The van der Waals surface area contributed by atoms with Gasteiger partial charge in [-0.2, -0.15) is 0 Å². The number of hydrogen-bond acceptors (Lipinski definition) is 9. The molecule has 141 heavy (non-hydrogen) atoms. The Morgan fingerprint density at radius 2 is 0.461 bits per heavy atom. The first-order valence-electron chi connectivity index (χ1n) is 47.6.